The lowest BCUT2D eigenvalue weighted by Gasteiger charge is -2.46. The average molecular weight is 369 g/mol. The molecule has 0 bridgehead atoms. The SMILES string of the molecule is CCC(N(c1nc(Cl)ncc1N)C1CCCC1)C(CC)(CC)C(=O)O. The highest BCUT2D eigenvalue weighted by Gasteiger charge is 2.47. The van der Waals surface area contributed by atoms with E-state index in [9.17, 15) is 9.90 Å². The van der Waals surface area contributed by atoms with Crippen LogP contribution in [0.5, 0.6) is 0 Å². The highest BCUT2D eigenvalue weighted by Crippen LogP contribution is 2.42. The van der Waals surface area contributed by atoms with Crippen molar-refractivity contribution in [2.75, 3.05) is 10.6 Å². The minimum atomic E-state index is -0.846. The summed E-state index contributed by atoms with van der Waals surface area (Å²) in [5, 5.41) is 10.2. The molecule has 1 aliphatic carbocycles. The Hall–Kier alpha value is -1.56. The van der Waals surface area contributed by atoms with Gasteiger partial charge in [-0.25, -0.2) is 4.98 Å². The molecule has 2 rings (SSSR count). The molecule has 1 unspecified atom stereocenters. The molecule has 1 atom stereocenters. The molecule has 1 aromatic heterocycles. The zero-order valence-electron chi connectivity index (χ0n) is 15.3. The van der Waals surface area contributed by atoms with Gasteiger partial charge in [0.1, 0.15) is 0 Å². The average Bonchev–Trinajstić information content (AvgIpc) is 3.12. The maximum absolute atomic E-state index is 12.3. The van der Waals surface area contributed by atoms with Crippen molar-refractivity contribution in [2.24, 2.45) is 5.41 Å². The van der Waals surface area contributed by atoms with E-state index in [-0.39, 0.29) is 17.4 Å². The number of nitrogens with two attached hydrogens (primary N) is 1. The second-order valence-electron chi connectivity index (χ2n) is 6.86. The number of hydrogen-bond acceptors (Lipinski definition) is 5. The van der Waals surface area contributed by atoms with Gasteiger partial charge in [-0.15, -0.1) is 0 Å². The van der Waals surface area contributed by atoms with Gasteiger partial charge in [0.15, 0.2) is 5.82 Å². The van der Waals surface area contributed by atoms with Crippen LogP contribution in [0.4, 0.5) is 11.5 Å². The molecule has 0 aliphatic heterocycles. The summed E-state index contributed by atoms with van der Waals surface area (Å²) in [6, 6.07) is 0.0337. The maximum atomic E-state index is 12.3. The van der Waals surface area contributed by atoms with Gasteiger partial charge < -0.3 is 15.7 Å². The summed E-state index contributed by atoms with van der Waals surface area (Å²) in [6.07, 6.45) is 7.62. The summed E-state index contributed by atoms with van der Waals surface area (Å²) in [6.45, 7) is 5.93. The van der Waals surface area contributed by atoms with Crippen molar-refractivity contribution >= 4 is 29.1 Å². The highest BCUT2D eigenvalue weighted by atomic mass is 35.5. The van der Waals surface area contributed by atoms with E-state index < -0.39 is 11.4 Å². The molecule has 0 saturated heterocycles. The van der Waals surface area contributed by atoms with Gasteiger partial charge in [0.05, 0.1) is 17.3 Å². The Balaban J connectivity index is 2.60. The molecule has 1 aliphatic rings. The number of anilines is 2. The van der Waals surface area contributed by atoms with Crippen molar-refractivity contribution in [1.29, 1.82) is 0 Å². The third-order valence-electron chi connectivity index (χ3n) is 5.78. The zero-order valence-corrected chi connectivity index (χ0v) is 16.1. The summed E-state index contributed by atoms with van der Waals surface area (Å²) < 4.78 is 0. The van der Waals surface area contributed by atoms with Crippen molar-refractivity contribution in [3.8, 4) is 0 Å². The molecule has 0 radical (unpaired) electrons. The molecule has 1 fully saturated rings. The van der Waals surface area contributed by atoms with Crippen LogP contribution in [-0.2, 0) is 4.79 Å². The van der Waals surface area contributed by atoms with Crippen molar-refractivity contribution in [3.05, 3.63) is 11.5 Å². The fourth-order valence-corrected chi connectivity index (χ4v) is 4.47. The van der Waals surface area contributed by atoms with Gasteiger partial charge in [-0.05, 0) is 43.7 Å². The fraction of sp³-hybridized carbons (Fsp3) is 0.722. The first-order valence-electron chi connectivity index (χ1n) is 9.20. The number of aromatic nitrogens is 2. The van der Waals surface area contributed by atoms with Crippen LogP contribution in [0.2, 0.25) is 5.28 Å². The van der Waals surface area contributed by atoms with E-state index in [4.69, 9.17) is 17.3 Å². The highest BCUT2D eigenvalue weighted by molar-refractivity contribution is 6.28. The Morgan fingerprint density at radius 2 is 2.00 bits per heavy atom. The number of carbonyl (C=O) groups is 1. The molecule has 0 spiro atoms. The van der Waals surface area contributed by atoms with Crippen molar-refractivity contribution in [1.82, 2.24) is 9.97 Å². The summed E-state index contributed by atoms with van der Waals surface area (Å²) in [5.74, 6) is -0.183. The van der Waals surface area contributed by atoms with Gasteiger partial charge in [0.25, 0.3) is 0 Å². The van der Waals surface area contributed by atoms with Crippen LogP contribution < -0.4 is 10.6 Å². The largest absolute Gasteiger partial charge is 0.481 e. The van der Waals surface area contributed by atoms with Gasteiger partial charge in [-0.1, -0.05) is 33.6 Å². The van der Waals surface area contributed by atoms with Crippen molar-refractivity contribution < 1.29 is 9.90 Å². The van der Waals surface area contributed by atoms with E-state index in [1.807, 2.05) is 20.8 Å². The van der Waals surface area contributed by atoms with E-state index in [1.165, 1.54) is 6.20 Å². The van der Waals surface area contributed by atoms with E-state index in [0.29, 0.717) is 30.8 Å². The summed E-state index contributed by atoms with van der Waals surface area (Å²) >= 11 is 6.04. The van der Waals surface area contributed by atoms with E-state index in [2.05, 4.69) is 14.9 Å². The first kappa shape index (κ1) is 19.8. The second kappa shape index (κ2) is 8.21. The van der Waals surface area contributed by atoms with E-state index in [0.717, 1.165) is 25.7 Å². The number of nitrogens with zero attached hydrogens (tertiary/aromatic N) is 3. The van der Waals surface area contributed by atoms with E-state index in [1.54, 1.807) is 0 Å². The Labute approximate surface area is 154 Å². The number of hydrogen-bond donors (Lipinski definition) is 2. The number of halogens is 1. The third kappa shape index (κ3) is 3.68. The molecule has 0 amide bonds. The molecule has 1 aromatic rings. The van der Waals surface area contributed by atoms with E-state index >= 15 is 0 Å². The predicted molar refractivity (Wildman–Crippen MR) is 101 cm³/mol. The van der Waals surface area contributed by atoms with Crippen molar-refractivity contribution in [2.45, 2.75) is 77.8 Å². The third-order valence-corrected chi connectivity index (χ3v) is 5.96. The van der Waals surface area contributed by atoms with Crippen LogP contribution >= 0.6 is 11.6 Å². The lowest BCUT2D eigenvalue weighted by Crippen LogP contribution is -2.55. The number of nitrogen functional groups attached to an aromatic ring is 1. The number of rotatable bonds is 8. The van der Waals surface area contributed by atoms with Gasteiger partial charge in [0, 0.05) is 12.1 Å². The van der Waals surface area contributed by atoms with Crippen LogP contribution in [-0.4, -0.2) is 33.1 Å². The summed E-state index contributed by atoms with van der Waals surface area (Å²) in [5.41, 5.74) is 5.78. The van der Waals surface area contributed by atoms with Gasteiger partial charge in [0.2, 0.25) is 5.28 Å². The predicted octanol–water partition coefficient (Wildman–Crippen LogP) is 4.13. The Morgan fingerprint density at radius 3 is 2.48 bits per heavy atom. The molecule has 140 valence electrons. The number of aliphatic carboxylic acids is 1. The lowest BCUT2D eigenvalue weighted by atomic mass is 9.73. The van der Waals surface area contributed by atoms with Crippen molar-refractivity contribution in [3.63, 3.8) is 0 Å². The Bertz CT molecular complexity index is 601. The Morgan fingerprint density at radius 1 is 1.40 bits per heavy atom. The molecule has 25 heavy (non-hydrogen) atoms. The molecule has 1 saturated carbocycles. The second-order valence-corrected chi connectivity index (χ2v) is 7.19. The van der Waals surface area contributed by atoms with Crippen LogP contribution in [0.25, 0.3) is 0 Å². The number of carboxylic acid groups (broad SMARTS) is 1. The molecule has 6 nitrogen and oxygen atoms in total. The zero-order chi connectivity index (χ0) is 18.6. The molecule has 1 heterocycles. The molecular formula is C18H29ClN4O2. The quantitative estimate of drug-likeness (QED) is 0.670. The smallest absolute Gasteiger partial charge is 0.311 e. The number of carboxylic acids is 1. The molecule has 0 aromatic carbocycles. The van der Waals surface area contributed by atoms with Gasteiger partial charge >= 0.3 is 5.97 Å². The molecular weight excluding hydrogens is 340 g/mol. The van der Waals surface area contributed by atoms with Crippen LogP contribution in [0.15, 0.2) is 6.20 Å². The van der Waals surface area contributed by atoms with Crippen LogP contribution in [0, 0.1) is 5.41 Å². The first-order valence-corrected chi connectivity index (χ1v) is 9.58. The van der Waals surface area contributed by atoms with Crippen LogP contribution in [0.1, 0.15) is 65.7 Å². The minimum Gasteiger partial charge on any atom is -0.481 e. The van der Waals surface area contributed by atoms with Gasteiger partial charge in [-0.3, -0.25) is 4.79 Å². The lowest BCUT2D eigenvalue weighted by molar-refractivity contribution is -0.151. The topological polar surface area (TPSA) is 92.3 Å². The maximum Gasteiger partial charge on any atom is 0.311 e. The standard InChI is InChI=1S/C18H29ClN4O2/c1-4-14(18(5-2,6-3)16(24)25)23(12-9-7-8-10-12)15-13(20)11-21-17(19)22-15/h11-12,14H,4-10,20H2,1-3H3,(H,24,25). The molecule has 7 heteroatoms. The summed E-state index contributed by atoms with van der Waals surface area (Å²) in [4.78, 5) is 22.8. The minimum absolute atomic E-state index is 0.135. The van der Waals surface area contributed by atoms with Crippen LogP contribution in [0.3, 0.4) is 0 Å². The normalized spacial score (nSPS) is 16.8. The first-order chi connectivity index (χ1) is 11.9. The Kier molecular flexibility index (Phi) is 6.49. The fourth-order valence-electron chi connectivity index (χ4n) is 4.35. The summed E-state index contributed by atoms with van der Waals surface area (Å²) in [7, 11) is 0. The van der Waals surface area contributed by atoms with Gasteiger partial charge in [-0.2, -0.15) is 4.98 Å². The molecule has 3 N–H and O–H groups in total. The monoisotopic (exact) mass is 368 g/mol.